The Hall–Kier alpha value is -4.77. The summed E-state index contributed by atoms with van der Waals surface area (Å²) in [6.45, 7) is 12.4. The summed E-state index contributed by atoms with van der Waals surface area (Å²) < 4.78 is 12.4. The molecule has 1 N–H and O–H groups in total. The van der Waals surface area contributed by atoms with Gasteiger partial charge in [0.05, 0.1) is 39.6 Å². The van der Waals surface area contributed by atoms with Crippen LogP contribution in [0.15, 0.2) is 48.7 Å². The van der Waals surface area contributed by atoms with E-state index in [-0.39, 0.29) is 17.5 Å². The Balaban J connectivity index is 1.37. The zero-order valence-corrected chi connectivity index (χ0v) is 33.6. The third-order valence-corrected chi connectivity index (χ3v) is 11.7. The molecule has 3 aromatic carbocycles. The van der Waals surface area contributed by atoms with Gasteiger partial charge in [0.2, 0.25) is 0 Å². The van der Waals surface area contributed by atoms with Crippen molar-refractivity contribution in [2.75, 3.05) is 38.7 Å². The number of amides is 1. The zero-order valence-electron chi connectivity index (χ0n) is 32.0. The predicted molar refractivity (Wildman–Crippen MR) is 217 cm³/mol. The van der Waals surface area contributed by atoms with Gasteiger partial charge in [-0.25, -0.2) is 4.79 Å². The number of rotatable bonds is 11. The number of anilines is 1. The number of carboxylic acids is 1. The number of likely N-dealkylation sites (N-methyl/N-ethyl adjacent to an activating group) is 1. The lowest BCUT2D eigenvalue weighted by Gasteiger charge is -2.34. The van der Waals surface area contributed by atoms with Crippen LogP contribution >= 0.6 is 23.2 Å². The van der Waals surface area contributed by atoms with Crippen molar-refractivity contribution in [2.45, 2.75) is 60.0 Å². The zero-order chi connectivity index (χ0) is 38.7. The maximum atomic E-state index is 15.2. The molecule has 1 amide bonds. The highest BCUT2D eigenvalue weighted by molar-refractivity contribution is 6.35. The van der Waals surface area contributed by atoms with Gasteiger partial charge in [-0.2, -0.15) is 5.10 Å². The Kier molecular flexibility index (Phi) is 10.1. The Morgan fingerprint density at radius 1 is 1.02 bits per heavy atom. The van der Waals surface area contributed by atoms with Gasteiger partial charge in [-0.15, -0.1) is 0 Å². The van der Waals surface area contributed by atoms with E-state index in [4.69, 9.17) is 33.0 Å². The first-order valence-corrected chi connectivity index (χ1v) is 19.0. The summed E-state index contributed by atoms with van der Waals surface area (Å²) in [5, 5.41) is 17.7. The second-order valence-electron chi connectivity index (χ2n) is 14.8. The molecule has 1 aliphatic heterocycles. The van der Waals surface area contributed by atoms with Crippen molar-refractivity contribution in [3.05, 3.63) is 98.0 Å². The number of fused-ring (bicyclic) bond motifs is 4. The third kappa shape index (κ3) is 6.44. The van der Waals surface area contributed by atoms with Crippen LogP contribution in [0, 0.1) is 27.7 Å². The number of carbonyl (C=O) groups excluding carboxylic acids is 1. The van der Waals surface area contributed by atoms with Crippen molar-refractivity contribution in [1.29, 1.82) is 0 Å². The van der Waals surface area contributed by atoms with Gasteiger partial charge in [0, 0.05) is 71.5 Å². The largest absolute Gasteiger partial charge is 0.494 e. The smallest absolute Gasteiger partial charge is 0.335 e. The molecule has 12 heteroatoms. The standard InChI is InChI=1S/C42H46Cl2N6O4/c1-23-18-29(19-24(2)38(23)44)54-17-9-10-30-31-13-14-33(43)37(36-26(4)45-47(8)27(36)5)39(31)50-25(3)21-49(41(51)40(30)50)35-22-48(16-15-46(6)7)34-20-28(42(52)53)11-12-32(34)35/h11-14,18-20,22,25H,9-10,15-17,21H2,1-8H3,(H,52,53). The maximum absolute atomic E-state index is 15.2. The molecule has 0 saturated carbocycles. The Morgan fingerprint density at radius 2 is 1.72 bits per heavy atom. The lowest BCUT2D eigenvalue weighted by atomic mass is 9.98. The van der Waals surface area contributed by atoms with Crippen LogP contribution in [0.25, 0.3) is 32.9 Å². The van der Waals surface area contributed by atoms with Crippen molar-refractivity contribution < 1.29 is 19.4 Å². The normalized spacial score (nSPS) is 14.5. The molecule has 1 aliphatic rings. The molecule has 1 unspecified atom stereocenters. The van der Waals surface area contributed by atoms with Crippen LogP contribution in [0.4, 0.5) is 5.69 Å². The molecule has 0 bridgehead atoms. The molecular formula is C42H46Cl2N6O4. The van der Waals surface area contributed by atoms with Crippen molar-refractivity contribution in [3.8, 4) is 16.9 Å². The molecule has 0 spiro atoms. The Bertz CT molecular complexity index is 2450. The van der Waals surface area contributed by atoms with Crippen molar-refractivity contribution in [2.24, 2.45) is 7.05 Å². The van der Waals surface area contributed by atoms with Crippen molar-refractivity contribution in [3.63, 3.8) is 0 Å². The summed E-state index contributed by atoms with van der Waals surface area (Å²) in [5.41, 5.74) is 9.87. The summed E-state index contributed by atoms with van der Waals surface area (Å²) in [6.07, 6.45) is 3.26. The molecule has 0 radical (unpaired) electrons. The van der Waals surface area contributed by atoms with Crippen LogP contribution < -0.4 is 9.64 Å². The van der Waals surface area contributed by atoms with E-state index in [0.29, 0.717) is 43.3 Å². The number of nitrogens with zero attached hydrogens (tertiary/aromatic N) is 6. The van der Waals surface area contributed by atoms with Crippen LogP contribution in [0.3, 0.4) is 0 Å². The molecular weight excluding hydrogens is 723 g/mol. The topological polar surface area (TPSA) is 97.8 Å². The maximum Gasteiger partial charge on any atom is 0.335 e. The van der Waals surface area contributed by atoms with Gasteiger partial charge in [-0.1, -0.05) is 29.3 Å². The summed E-state index contributed by atoms with van der Waals surface area (Å²) in [5.74, 6) is -0.336. The molecule has 0 aliphatic carbocycles. The van der Waals surface area contributed by atoms with Crippen LogP contribution in [-0.2, 0) is 20.0 Å². The number of hydrogen-bond donors (Lipinski definition) is 1. The van der Waals surface area contributed by atoms with Crippen LogP contribution in [0.1, 0.15) is 68.3 Å². The van der Waals surface area contributed by atoms with Gasteiger partial charge in [0.25, 0.3) is 5.91 Å². The fourth-order valence-electron chi connectivity index (χ4n) is 8.05. The second-order valence-corrected chi connectivity index (χ2v) is 15.6. The van der Waals surface area contributed by atoms with Crippen LogP contribution in [0.5, 0.6) is 5.75 Å². The molecule has 4 heterocycles. The number of carboxylic acid groups (broad SMARTS) is 1. The van der Waals surface area contributed by atoms with E-state index < -0.39 is 5.97 Å². The number of aromatic carboxylic acids is 1. The number of hydrogen-bond acceptors (Lipinski definition) is 5. The van der Waals surface area contributed by atoms with Gasteiger partial charge >= 0.3 is 5.97 Å². The van der Waals surface area contributed by atoms with E-state index in [0.717, 1.165) is 84.0 Å². The van der Waals surface area contributed by atoms with E-state index in [2.05, 4.69) is 21.0 Å². The Labute approximate surface area is 325 Å². The fourth-order valence-corrected chi connectivity index (χ4v) is 8.41. The minimum Gasteiger partial charge on any atom is -0.494 e. The van der Waals surface area contributed by atoms with Gasteiger partial charge in [0.15, 0.2) is 0 Å². The lowest BCUT2D eigenvalue weighted by Crippen LogP contribution is -2.42. The molecule has 7 rings (SSSR count). The van der Waals surface area contributed by atoms with E-state index >= 15 is 4.79 Å². The van der Waals surface area contributed by atoms with E-state index in [1.54, 1.807) is 12.1 Å². The number of aromatic nitrogens is 4. The highest BCUT2D eigenvalue weighted by atomic mass is 35.5. The summed E-state index contributed by atoms with van der Waals surface area (Å²) >= 11 is 13.5. The summed E-state index contributed by atoms with van der Waals surface area (Å²) in [6, 6.07) is 12.9. The number of carbonyl (C=O) groups is 2. The van der Waals surface area contributed by atoms with Gasteiger partial charge < -0.3 is 28.8 Å². The van der Waals surface area contributed by atoms with Crippen LogP contribution in [-0.4, -0.2) is 74.6 Å². The first-order valence-electron chi connectivity index (χ1n) is 18.3. The van der Waals surface area contributed by atoms with Gasteiger partial charge in [-0.05, 0) is 115 Å². The fraction of sp³-hybridized carbons (Fsp3) is 0.357. The molecule has 3 aromatic heterocycles. The number of ether oxygens (including phenoxy) is 1. The average molecular weight is 770 g/mol. The van der Waals surface area contributed by atoms with E-state index in [1.165, 1.54) is 0 Å². The highest BCUT2D eigenvalue weighted by Gasteiger charge is 2.38. The predicted octanol–water partition coefficient (Wildman–Crippen LogP) is 9.03. The molecule has 0 saturated heterocycles. The van der Waals surface area contributed by atoms with E-state index in [1.807, 2.05) is 94.9 Å². The molecule has 1 atom stereocenters. The summed E-state index contributed by atoms with van der Waals surface area (Å²) in [7, 11) is 5.94. The quantitative estimate of drug-likeness (QED) is 0.132. The molecule has 54 heavy (non-hydrogen) atoms. The van der Waals surface area contributed by atoms with Gasteiger partial charge in [-0.3, -0.25) is 9.48 Å². The van der Waals surface area contributed by atoms with Gasteiger partial charge in [0.1, 0.15) is 11.4 Å². The highest BCUT2D eigenvalue weighted by Crippen LogP contribution is 2.46. The van der Waals surface area contributed by atoms with Crippen molar-refractivity contribution >= 4 is 62.6 Å². The molecule has 282 valence electrons. The third-order valence-electron chi connectivity index (χ3n) is 10.8. The van der Waals surface area contributed by atoms with E-state index in [9.17, 15) is 9.90 Å². The SMILES string of the molecule is Cc1cc(OCCCc2c3n(c4c(-c5c(C)nn(C)c5C)c(Cl)ccc24)C(C)CN(c2cn(CCN(C)C)c4cc(C(=O)O)ccc24)C3=O)cc(C)c1Cl. The minimum atomic E-state index is -0.991. The van der Waals surface area contributed by atoms with Crippen molar-refractivity contribution in [1.82, 2.24) is 23.8 Å². The number of halogens is 2. The number of benzene rings is 3. The van der Waals surface area contributed by atoms with Crippen LogP contribution in [0.2, 0.25) is 10.0 Å². The minimum absolute atomic E-state index is 0.111. The first-order chi connectivity index (χ1) is 25.7. The first kappa shape index (κ1) is 37.5. The second kappa shape index (κ2) is 14.5. The molecule has 6 aromatic rings. The Morgan fingerprint density at radius 3 is 2.37 bits per heavy atom. The number of aryl methyl sites for hydroxylation is 5. The average Bonchev–Trinajstić information content (AvgIpc) is 3.74. The molecule has 10 nitrogen and oxygen atoms in total. The molecule has 0 fully saturated rings. The monoisotopic (exact) mass is 768 g/mol. The summed E-state index contributed by atoms with van der Waals surface area (Å²) in [4.78, 5) is 31.1. The lowest BCUT2D eigenvalue weighted by molar-refractivity contribution is 0.0696.